The van der Waals surface area contributed by atoms with E-state index < -0.39 is 15.9 Å². The summed E-state index contributed by atoms with van der Waals surface area (Å²) < 4.78 is 36.1. The minimum atomic E-state index is -3.24. The van der Waals surface area contributed by atoms with Crippen LogP contribution in [0.2, 0.25) is 0 Å². The zero-order valence-corrected chi connectivity index (χ0v) is 11.5. The lowest BCUT2D eigenvalue weighted by Crippen LogP contribution is -2.42. The van der Waals surface area contributed by atoms with Gasteiger partial charge in [0.25, 0.3) is 0 Å². The molecule has 1 aromatic carbocycles. The van der Waals surface area contributed by atoms with Crippen LogP contribution >= 0.6 is 0 Å². The van der Waals surface area contributed by atoms with Crippen molar-refractivity contribution >= 4 is 21.4 Å². The molecule has 3 rings (SSSR count). The minimum absolute atomic E-state index is 0.0308. The highest BCUT2D eigenvalue weighted by Gasteiger charge is 2.39. The van der Waals surface area contributed by atoms with Crippen LogP contribution in [0.1, 0.15) is 12.8 Å². The normalized spacial score (nSPS) is 23.8. The number of carbonyl (C=O) groups is 1. The zero-order chi connectivity index (χ0) is 14.3. The third kappa shape index (κ3) is 2.60. The topological polar surface area (TPSA) is 54.5 Å². The molecule has 1 amide bonds. The average Bonchev–Trinajstić information content (AvgIpc) is 3.17. The molecule has 1 aromatic rings. The van der Waals surface area contributed by atoms with Gasteiger partial charge in [0.2, 0.25) is 5.91 Å². The summed E-state index contributed by atoms with van der Waals surface area (Å²) in [5.41, 5.74) is 0.537. The molecule has 1 fully saturated rings. The summed E-state index contributed by atoms with van der Waals surface area (Å²) in [4.78, 5) is 13.9. The number of sulfone groups is 1. The number of benzene rings is 1. The third-order valence-electron chi connectivity index (χ3n) is 3.51. The van der Waals surface area contributed by atoms with Crippen LogP contribution in [0.25, 0.3) is 0 Å². The summed E-state index contributed by atoms with van der Waals surface area (Å²) in [5.74, 6) is -0.606. The first kappa shape index (κ1) is 13.3. The molecule has 4 nitrogen and oxygen atoms in total. The van der Waals surface area contributed by atoms with Crippen LogP contribution in [-0.4, -0.2) is 26.1 Å². The zero-order valence-electron chi connectivity index (χ0n) is 10.7. The number of halogens is 1. The van der Waals surface area contributed by atoms with E-state index in [1.807, 2.05) is 0 Å². The van der Waals surface area contributed by atoms with Crippen molar-refractivity contribution in [3.8, 4) is 0 Å². The molecule has 20 heavy (non-hydrogen) atoms. The van der Waals surface area contributed by atoms with Crippen molar-refractivity contribution in [1.29, 1.82) is 0 Å². The van der Waals surface area contributed by atoms with E-state index in [1.165, 1.54) is 35.2 Å². The van der Waals surface area contributed by atoms with Crippen molar-refractivity contribution in [2.24, 2.45) is 5.92 Å². The lowest BCUT2D eigenvalue weighted by molar-refractivity contribution is -0.120. The SMILES string of the molecule is O=C(C1CC1)N(c1ccc(F)cc1)[C@@H]1C=CS(=O)(=O)C1. The number of rotatable bonds is 3. The molecule has 1 aliphatic heterocycles. The second kappa shape index (κ2) is 4.70. The van der Waals surface area contributed by atoms with Gasteiger partial charge in [-0.15, -0.1) is 0 Å². The standard InChI is InChI=1S/C14H14FNO3S/c15-11-3-5-12(6-4-11)16(14(17)10-1-2-10)13-7-8-20(18,19)9-13/h3-8,10,13H,1-2,9H2/t13-/m1/s1. The number of carbonyl (C=O) groups excluding carboxylic acids is 1. The summed E-state index contributed by atoms with van der Waals surface area (Å²) in [7, 11) is -3.24. The molecular formula is C14H14FNO3S. The van der Waals surface area contributed by atoms with E-state index in [2.05, 4.69) is 0 Å². The summed E-state index contributed by atoms with van der Waals surface area (Å²) in [5, 5.41) is 1.15. The van der Waals surface area contributed by atoms with E-state index in [-0.39, 0.29) is 23.4 Å². The first-order valence-electron chi connectivity index (χ1n) is 6.46. The van der Waals surface area contributed by atoms with E-state index in [4.69, 9.17) is 0 Å². The molecule has 1 heterocycles. The molecule has 1 aliphatic carbocycles. The smallest absolute Gasteiger partial charge is 0.230 e. The Bertz CT molecular complexity index is 662. The van der Waals surface area contributed by atoms with Gasteiger partial charge in [-0.25, -0.2) is 12.8 Å². The van der Waals surface area contributed by atoms with Crippen molar-refractivity contribution in [2.45, 2.75) is 18.9 Å². The molecule has 0 bridgehead atoms. The molecule has 0 spiro atoms. The number of nitrogens with zero attached hydrogens (tertiary/aromatic N) is 1. The van der Waals surface area contributed by atoms with E-state index >= 15 is 0 Å². The Balaban J connectivity index is 1.94. The highest BCUT2D eigenvalue weighted by molar-refractivity contribution is 7.94. The Morgan fingerprint density at radius 1 is 1.20 bits per heavy atom. The summed E-state index contributed by atoms with van der Waals surface area (Å²) in [6.45, 7) is 0. The molecule has 0 unspecified atom stereocenters. The predicted molar refractivity (Wildman–Crippen MR) is 73.3 cm³/mol. The van der Waals surface area contributed by atoms with E-state index in [1.54, 1.807) is 0 Å². The quantitative estimate of drug-likeness (QED) is 0.855. The lowest BCUT2D eigenvalue weighted by atomic mass is 10.2. The number of amides is 1. The second-order valence-electron chi connectivity index (χ2n) is 5.18. The predicted octanol–water partition coefficient (Wildman–Crippen LogP) is 1.88. The maximum Gasteiger partial charge on any atom is 0.230 e. The molecule has 2 aliphatic rings. The van der Waals surface area contributed by atoms with Gasteiger partial charge in [-0.2, -0.15) is 0 Å². The Kier molecular flexibility index (Phi) is 3.12. The van der Waals surface area contributed by atoms with Gasteiger partial charge in [0.1, 0.15) is 5.82 Å². The van der Waals surface area contributed by atoms with Gasteiger partial charge in [-0.3, -0.25) is 4.79 Å². The minimum Gasteiger partial charge on any atom is -0.304 e. The van der Waals surface area contributed by atoms with Gasteiger partial charge in [-0.05, 0) is 43.2 Å². The maximum absolute atomic E-state index is 13.0. The third-order valence-corrected chi connectivity index (χ3v) is 4.89. The van der Waals surface area contributed by atoms with Crippen molar-refractivity contribution in [3.63, 3.8) is 0 Å². The van der Waals surface area contributed by atoms with Crippen LogP contribution in [-0.2, 0) is 14.6 Å². The summed E-state index contributed by atoms with van der Waals surface area (Å²) in [6, 6.07) is 5.06. The molecule has 1 saturated carbocycles. The Labute approximate surface area is 116 Å². The van der Waals surface area contributed by atoms with Crippen LogP contribution in [0, 0.1) is 11.7 Å². The molecular weight excluding hydrogens is 281 g/mol. The number of hydrogen-bond acceptors (Lipinski definition) is 3. The van der Waals surface area contributed by atoms with E-state index in [0.29, 0.717) is 5.69 Å². The van der Waals surface area contributed by atoms with Crippen molar-refractivity contribution in [2.75, 3.05) is 10.7 Å². The molecule has 0 saturated heterocycles. The number of anilines is 1. The van der Waals surface area contributed by atoms with Crippen LogP contribution in [0.3, 0.4) is 0 Å². The second-order valence-corrected chi connectivity index (χ2v) is 7.12. The van der Waals surface area contributed by atoms with E-state index in [9.17, 15) is 17.6 Å². The highest BCUT2D eigenvalue weighted by Crippen LogP contribution is 2.34. The summed E-state index contributed by atoms with van der Waals surface area (Å²) >= 11 is 0. The molecule has 0 aromatic heterocycles. The first-order valence-corrected chi connectivity index (χ1v) is 8.17. The van der Waals surface area contributed by atoms with Crippen LogP contribution in [0.4, 0.5) is 10.1 Å². The van der Waals surface area contributed by atoms with Crippen molar-refractivity contribution in [3.05, 3.63) is 41.6 Å². The Morgan fingerprint density at radius 2 is 1.85 bits per heavy atom. The first-order chi connectivity index (χ1) is 9.46. The maximum atomic E-state index is 13.0. The van der Waals surface area contributed by atoms with Crippen LogP contribution in [0.5, 0.6) is 0 Å². The van der Waals surface area contributed by atoms with Gasteiger partial charge in [0.15, 0.2) is 9.84 Å². The fourth-order valence-corrected chi connectivity index (χ4v) is 3.60. The largest absolute Gasteiger partial charge is 0.304 e. The van der Waals surface area contributed by atoms with Crippen molar-refractivity contribution in [1.82, 2.24) is 0 Å². The summed E-state index contributed by atoms with van der Waals surface area (Å²) in [6.07, 6.45) is 3.19. The van der Waals surface area contributed by atoms with Gasteiger partial charge < -0.3 is 4.90 Å². The molecule has 6 heteroatoms. The molecule has 106 valence electrons. The van der Waals surface area contributed by atoms with Crippen molar-refractivity contribution < 1.29 is 17.6 Å². The fraction of sp³-hybridized carbons (Fsp3) is 0.357. The molecule has 0 N–H and O–H groups in total. The van der Waals surface area contributed by atoms with Gasteiger partial charge in [0.05, 0.1) is 11.8 Å². The highest BCUT2D eigenvalue weighted by atomic mass is 32.2. The Hall–Kier alpha value is -1.69. The molecule has 1 atom stereocenters. The molecule has 0 radical (unpaired) electrons. The lowest BCUT2D eigenvalue weighted by Gasteiger charge is -2.27. The fourth-order valence-electron chi connectivity index (χ4n) is 2.33. The van der Waals surface area contributed by atoms with Gasteiger partial charge >= 0.3 is 0 Å². The van der Waals surface area contributed by atoms with E-state index in [0.717, 1.165) is 18.2 Å². The Morgan fingerprint density at radius 3 is 2.35 bits per heavy atom. The van der Waals surface area contributed by atoms with Gasteiger partial charge in [0, 0.05) is 17.0 Å². The monoisotopic (exact) mass is 295 g/mol. The van der Waals surface area contributed by atoms with Gasteiger partial charge in [-0.1, -0.05) is 0 Å². The number of hydrogen-bond donors (Lipinski definition) is 0. The van der Waals surface area contributed by atoms with Crippen LogP contribution < -0.4 is 4.90 Å². The van der Waals surface area contributed by atoms with Crippen LogP contribution in [0.15, 0.2) is 35.7 Å². The average molecular weight is 295 g/mol.